The maximum Gasteiger partial charge on any atom is 0.228 e. The summed E-state index contributed by atoms with van der Waals surface area (Å²) in [4.78, 5) is 15.6. The predicted octanol–water partition coefficient (Wildman–Crippen LogP) is 4.03. The molecule has 26 heavy (non-hydrogen) atoms. The van der Waals surface area contributed by atoms with Gasteiger partial charge in [0.2, 0.25) is 11.7 Å². The number of H-pyrrole nitrogens is 1. The van der Waals surface area contributed by atoms with Crippen molar-refractivity contribution in [2.24, 2.45) is 0 Å². The number of ether oxygens (including phenoxy) is 3. The van der Waals surface area contributed by atoms with E-state index in [1.54, 1.807) is 51.8 Å². The smallest absolute Gasteiger partial charge is 0.228 e. The van der Waals surface area contributed by atoms with Gasteiger partial charge in [0.25, 0.3) is 0 Å². The number of benzene rings is 2. The van der Waals surface area contributed by atoms with E-state index < -0.39 is 0 Å². The van der Waals surface area contributed by atoms with Crippen LogP contribution in [0.4, 0.5) is 5.69 Å². The topological polar surface area (TPSA) is 72.6 Å². The molecule has 0 unspecified atom stereocenters. The molecule has 0 saturated carbocycles. The Balaban J connectivity index is 1.94. The molecule has 1 aromatic heterocycles. The van der Waals surface area contributed by atoms with Gasteiger partial charge in [0.1, 0.15) is 0 Å². The Hall–Kier alpha value is -2.86. The van der Waals surface area contributed by atoms with E-state index in [4.69, 9.17) is 25.8 Å². The molecular weight excluding hydrogens is 356 g/mol. The van der Waals surface area contributed by atoms with E-state index >= 15 is 0 Å². The molecule has 1 heterocycles. The molecule has 0 aliphatic heterocycles. The highest BCUT2D eigenvalue weighted by atomic mass is 35.5. The standard InChI is InChI=1S/C19H19ClN2O4/c1-24-15-9-14-17(19(26-3)18(15)25-2)11(10-21-14)7-16(23)22-13-6-4-5-12(20)8-13/h4-6,8-10,21H,7H2,1-3H3,(H,22,23). The Kier molecular flexibility index (Phi) is 5.23. The maximum absolute atomic E-state index is 12.4. The van der Waals surface area contributed by atoms with Gasteiger partial charge in [-0.05, 0) is 23.8 Å². The first-order chi connectivity index (χ1) is 12.6. The minimum Gasteiger partial charge on any atom is -0.493 e. The first kappa shape index (κ1) is 17.9. The zero-order chi connectivity index (χ0) is 18.7. The molecule has 0 radical (unpaired) electrons. The van der Waals surface area contributed by atoms with Crippen molar-refractivity contribution >= 4 is 34.1 Å². The molecule has 0 aliphatic carbocycles. The number of fused-ring (bicyclic) bond motifs is 1. The van der Waals surface area contributed by atoms with Crippen molar-refractivity contribution < 1.29 is 19.0 Å². The Morgan fingerprint density at radius 2 is 1.88 bits per heavy atom. The average Bonchev–Trinajstić information content (AvgIpc) is 3.02. The van der Waals surface area contributed by atoms with Crippen LogP contribution in [-0.4, -0.2) is 32.2 Å². The zero-order valence-electron chi connectivity index (χ0n) is 14.7. The van der Waals surface area contributed by atoms with E-state index in [0.717, 1.165) is 16.5 Å². The number of hydrogen-bond acceptors (Lipinski definition) is 4. The number of carbonyl (C=O) groups excluding carboxylic acids is 1. The van der Waals surface area contributed by atoms with Crippen molar-refractivity contribution in [3.8, 4) is 17.2 Å². The summed E-state index contributed by atoms with van der Waals surface area (Å²) in [5.74, 6) is 1.39. The van der Waals surface area contributed by atoms with Gasteiger partial charge in [0.15, 0.2) is 11.5 Å². The van der Waals surface area contributed by atoms with Crippen LogP contribution in [0.1, 0.15) is 5.56 Å². The zero-order valence-corrected chi connectivity index (χ0v) is 15.4. The van der Waals surface area contributed by atoms with E-state index in [0.29, 0.717) is 28.0 Å². The Morgan fingerprint density at radius 1 is 1.12 bits per heavy atom. The van der Waals surface area contributed by atoms with Crippen LogP contribution in [0, 0.1) is 0 Å². The van der Waals surface area contributed by atoms with Crippen LogP contribution in [0.25, 0.3) is 10.9 Å². The Bertz CT molecular complexity index is 952. The van der Waals surface area contributed by atoms with Crippen molar-refractivity contribution in [3.63, 3.8) is 0 Å². The van der Waals surface area contributed by atoms with Gasteiger partial charge in [-0.2, -0.15) is 0 Å². The summed E-state index contributed by atoms with van der Waals surface area (Å²) < 4.78 is 16.3. The lowest BCUT2D eigenvalue weighted by Crippen LogP contribution is -2.14. The first-order valence-electron chi connectivity index (χ1n) is 7.91. The normalized spacial score (nSPS) is 10.6. The second-order valence-electron chi connectivity index (χ2n) is 5.62. The molecule has 136 valence electrons. The summed E-state index contributed by atoms with van der Waals surface area (Å²) in [6.45, 7) is 0. The lowest BCUT2D eigenvalue weighted by molar-refractivity contribution is -0.115. The summed E-state index contributed by atoms with van der Waals surface area (Å²) in [6.07, 6.45) is 1.95. The molecule has 0 aliphatic rings. The van der Waals surface area contributed by atoms with Gasteiger partial charge in [0, 0.05) is 28.4 Å². The number of anilines is 1. The fourth-order valence-electron chi connectivity index (χ4n) is 2.91. The molecule has 1 amide bonds. The number of methoxy groups -OCH3 is 3. The number of rotatable bonds is 6. The lowest BCUT2D eigenvalue weighted by Gasteiger charge is -2.14. The van der Waals surface area contributed by atoms with Gasteiger partial charge in [-0.3, -0.25) is 4.79 Å². The molecule has 3 rings (SSSR count). The fourth-order valence-corrected chi connectivity index (χ4v) is 3.10. The van der Waals surface area contributed by atoms with Crippen LogP contribution in [0.15, 0.2) is 36.5 Å². The maximum atomic E-state index is 12.4. The highest BCUT2D eigenvalue weighted by Crippen LogP contribution is 2.44. The fraction of sp³-hybridized carbons (Fsp3) is 0.211. The van der Waals surface area contributed by atoms with E-state index in [9.17, 15) is 4.79 Å². The molecule has 2 aromatic carbocycles. The second kappa shape index (κ2) is 7.58. The number of amides is 1. The summed E-state index contributed by atoms with van der Waals surface area (Å²) in [6, 6.07) is 8.83. The van der Waals surface area contributed by atoms with Gasteiger partial charge in [-0.1, -0.05) is 17.7 Å². The average molecular weight is 375 g/mol. The third-order valence-corrected chi connectivity index (χ3v) is 4.25. The van der Waals surface area contributed by atoms with Crippen LogP contribution in [0.5, 0.6) is 17.2 Å². The number of halogens is 1. The van der Waals surface area contributed by atoms with Crippen LogP contribution in [0.3, 0.4) is 0 Å². The lowest BCUT2D eigenvalue weighted by atomic mass is 10.1. The predicted molar refractivity (Wildman–Crippen MR) is 102 cm³/mol. The van der Waals surface area contributed by atoms with Crippen molar-refractivity contribution in [3.05, 3.63) is 47.1 Å². The first-order valence-corrected chi connectivity index (χ1v) is 8.29. The van der Waals surface area contributed by atoms with E-state index in [2.05, 4.69) is 10.3 Å². The molecule has 0 spiro atoms. The van der Waals surface area contributed by atoms with Crippen molar-refractivity contribution in [1.29, 1.82) is 0 Å². The Labute approximate surface area is 156 Å². The van der Waals surface area contributed by atoms with Gasteiger partial charge in [-0.25, -0.2) is 0 Å². The second-order valence-corrected chi connectivity index (χ2v) is 6.05. The molecule has 2 N–H and O–H groups in total. The van der Waals surface area contributed by atoms with Crippen LogP contribution < -0.4 is 19.5 Å². The molecule has 3 aromatic rings. The number of aromatic nitrogens is 1. The minimum absolute atomic E-state index is 0.162. The summed E-state index contributed by atoms with van der Waals surface area (Å²) in [7, 11) is 4.66. The van der Waals surface area contributed by atoms with Crippen LogP contribution in [0.2, 0.25) is 5.02 Å². The van der Waals surface area contributed by atoms with Gasteiger partial charge in [0.05, 0.1) is 33.3 Å². The molecule has 0 atom stereocenters. The van der Waals surface area contributed by atoms with E-state index in [1.807, 2.05) is 6.07 Å². The third kappa shape index (κ3) is 3.41. The van der Waals surface area contributed by atoms with Crippen molar-refractivity contribution in [2.75, 3.05) is 26.6 Å². The number of hydrogen-bond donors (Lipinski definition) is 2. The molecule has 0 fully saturated rings. The molecular formula is C19H19ClN2O4. The third-order valence-electron chi connectivity index (χ3n) is 4.01. The Morgan fingerprint density at radius 3 is 2.54 bits per heavy atom. The van der Waals surface area contributed by atoms with Crippen LogP contribution in [-0.2, 0) is 11.2 Å². The number of nitrogens with one attached hydrogen (secondary N) is 2. The largest absolute Gasteiger partial charge is 0.493 e. The summed E-state index contributed by atoms with van der Waals surface area (Å²) in [5.41, 5.74) is 2.23. The quantitative estimate of drug-likeness (QED) is 0.683. The number of carbonyl (C=O) groups is 1. The van der Waals surface area contributed by atoms with E-state index in [-0.39, 0.29) is 12.3 Å². The van der Waals surface area contributed by atoms with Gasteiger partial charge < -0.3 is 24.5 Å². The van der Waals surface area contributed by atoms with Crippen molar-refractivity contribution in [2.45, 2.75) is 6.42 Å². The van der Waals surface area contributed by atoms with Gasteiger partial charge in [-0.15, -0.1) is 0 Å². The minimum atomic E-state index is -0.162. The highest BCUT2D eigenvalue weighted by Gasteiger charge is 2.20. The van der Waals surface area contributed by atoms with Gasteiger partial charge >= 0.3 is 0 Å². The number of aromatic amines is 1. The molecule has 0 saturated heterocycles. The summed E-state index contributed by atoms with van der Waals surface area (Å²) >= 11 is 5.95. The summed E-state index contributed by atoms with van der Waals surface area (Å²) in [5, 5.41) is 4.19. The molecule has 7 heteroatoms. The molecule has 6 nitrogen and oxygen atoms in total. The highest BCUT2D eigenvalue weighted by molar-refractivity contribution is 6.30. The van der Waals surface area contributed by atoms with Crippen molar-refractivity contribution in [1.82, 2.24) is 4.98 Å². The van der Waals surface area contributed by atoms with E-state index in [1.165, 1.54) is 0 Å². The SMILES string of the molecule is COc1cc2[nH]cc(CC(=O)Nc3cccc(Cl)c3)c2c(OC)c1OC. The molecule has 0 bridgehead atoms. The van der Waals surface area contributed by atoms with Crippen LogP contribution >= 0.6 is 11.6 Å². The monoisotopic (exact) mass is 374 g/mol.